The van der Waals surface area contributed by atoms with Crippen LogP contribution in [0.2, 0.25) is 0 Å². The fourth-order valence-corrected chi connectivity index (χ4v) is 3.91. The lowest BCUT2D eigenvalue weighted by molar-refractivity contribution is 0.0512. The summed E-state index contributed by atoms with van der Waals surface area (Å²) < 4.78 is 2.09. The van der Waals surface area contributed by atoms with Gasteiger partial charge in [0.1, 0.15) is 12.2 Å². The monoisotopic (exact) mass is 505 g/mol. The Morgan fingerprint density at radius 2 is 1.89 bits per heavy atom. The van der Waals surface area contributed by atoms with E-state index in [1.54, 1.807) is 6.33 Å². The third-order valence-corrected chi connectivity index (χ3v) is 5.35. The molecule has 1 saturated heterocycles. The highest BCUT2D eigenvalue weighted by molar-refractivity contribution is 14.0. The van der Waals surface area contributed by atoms with Crippen LogP contribution in [0.25, 0.3) is 0 Å². The number of aromatic nitrogens is 3. The lowest BCUT2D eigenvalue weighted by atomic mass is 9.88. The lowest BCUT2D eigenvalue weighted by Gasteiger charge is -2.44. The molecule has 1 aliphatic heterocycles. The van der Waals surface area contributed by atoms with Crippen molar-refractivity contribution in [2.75, 3.05) is 32.7 Å². The Balaban J connectivity index is 0.00000392. The molecular weight excluding hydrogens is 465 g/mol. The number of hydrogen-bond acceptors (Lipinski definition) is 4. The van der Waals surface area contributed by atoms with Gasteiger partial charge in [-0.1, -0.05) is 20.8 Å². The molecule has 0 aromatic carbocycles. The van der Waals surface area contributed by atoms with Gasteiger partial charge in [-0.3, -0.25) is 9.89 Å². The maximum Gasteiger partial charge on any atom is 0.191 e. The molecule has 1 aromatic heterocycles. The number of piperidine rings is 1. The highest BCUT2D eigenvalue weighted by Gasteiger charge is 2.32. The number of nitrogens with one attached hydrogen (secondary N) is 2. The summed E-state index contributed by atoms with van der Waals surface area (Å²) in [5, 5.41) is 14.9. The van der Waals surface area contributed by atoms with E-state index in [4.69, 9.17) is 4.99 Å². The third kappa shape index (κ3) is 7.50. The van der Waals surface area contributed by atoms with Crippen molar-refractivity contribution in [1.82, 2.24) is 30.3 Å². The number of nitrogens with zero attached hydrogens (tertiary/aromatic N) is 5. The highest BCUT2D eigenvalue weighted by atomic mass is 127. The molecule has 0 saturated carbocycles. The molecule has 2 atom stereocenters. The number of hydrogen-bond donors (Lipinski definition) is 2. The summed E-state index contributed by atoms with van der Waals surface area (Å²) >= 11 is 0. The van der Waals surface area contributed by atoms with Crippen LogP contribution in [0.15, 0.2) is 11.3 Å². The van der Waals surface area contributed by atoms with Crippen LogP contribution in [-0.2, 0) is 13.0 Å². The van der Waals surface area contributed by atoms with Crippen LogP contribution in [0, 0.1) is 11.8 Å². The third-order valence-electron chi connectivity index (χ3n) is 5.35. The van der Waals surface area contributed by atoms with Gasteiger partial charge in [-0.2, -0.15) is 0 Å². The van der Waals surface area contributed by atoms with E-state index in [0.29, 0.717) is 0 Å². The molecule has 28 heavy (non-hydrogen) atoms. The molecule has 0 radical (unpaired) electrons. The number of rotatable bonds is 8. The van der Waals surface area contributed by atoms with Gasteiger partial charge in [-0.15, -0.1) is 34.2 Å². The van der Waals surface area contributed by atoms with E-state index in [0.717, 1.165) is 56.2 Å². The zero-order chi connectivity index (χ0) is 19.9. The maximum atomic E-state index is 4.88. The van der Waals surface area contributed by atoms with E-state index in [2.05, 4.69) is 71.8 Å². The predicted molar refractivity (Wildman–Crippen MR) is 127 cm³/mol. The fourth-order valence-electron chi connectivity index (χ4n) is 3.91. The Morgan fingerprint density at radius 3 is 2.50 bits per heavy atom. The van der Waals surface area contributed by atoms with Crippen molar-refractivity contribution >= 4 is 29.9 Å². The molecule has 7 nitrogen and oxygen atoms in total. The van der Waals surface area contributed by atoms with Crippen molar-refractivity contribution in [3.8, 4) is 0 Å². The number of likely N-dealkylation sites (tertiary alicyclic amines) is 1. The molecule has 162 valence electrons. The zero-order valence-corrected chi connectivity index (χ0v) is 20.9. The average Bonchev–Trinajstić information content (AvgIpc) is 3.06. The first kappa shape index (κ1) is 25.1. The minimum atomic E-state index is 0. The normalized spacial score (nSPS) is 21.3. The second-order valence-electron chi connectivity index (χ2n) is 8.58. The number of aliphatic imine (C=N–C) groups is 1. The summed E-state index contributed by atoms with van der Waals surface area (Å²) in [4.78, 5) is 7.50. The van der Waals surface area contributed by atoms with Gasteiger partial charge in [-0.25, -0.2) is 0 Å². The van der Waals surface area contributed by atoms with E-state index in [1.807, 2.05) is 0 Å². The SMILES string of the molecule is CCNC(=NCC(C)(C)N1CC(C)CC(C)C1)NCCn1cnnc1CC.I. The summed E-state index contributed by atoms with van der Waals surface area (Å²) in [6.07, 6.45) is 4.03. The number of halogens is 1. The summed E-state index contributed by atoms with van der Waals surface area (Å²) in [6.45, 7) is 19.2. The Morgan fingerprint density at radius 1 is 1.21 bits per heavy atom. The summed E-state index contributed by atoms with van der Waals surface area (Å²) in [6, 6.07) is 0. The largest absolute Gasteiger partial charge is 0.357 e. The molecule has 2 rings (SSSR count). The predicted octanol–water partition coefficient (Wildman–Crippen LogP) is 2.77. The maximum absolute atomic E-state index is 4.88. The first-order chi connectivity index (χ1) is 12.9. The highest BCUT2D eigenvalue weighted by Crippen LogP contribution is 2.27. The van der Waals surface area contributed by atoms with Crippen molar-refractivity contribution < 1.29 is 0 Å². The second-order valence-corrected chi connectivity index (χ2v) is 8.58. The van der Waals surface area contributed by atoms with Crippen LogP contribution in [-0.4, -0.2) is 63.9 Å². The smallest absolute Gasteiger partial charge is 0.191 e. The van der Waals surface area contributed by atoms with Crippen molar-refractivity contribution in [3.63, 3.8) is 0 Å². The summed E-state index contributed by atoms with van der Waals surface area (Å²) in [7, 11) is 0. The molecule has 0 amide bonds. The van der Waals surface area contributed by atoms with Crippen molar-refractivity contribution in [1.29, 1.82) is 0 Å². The minimum absolute atomic E-state index is 0. The summed E-state index contributed by atoms with van der Waals surface area (Å²) in [5.74, 6) is 3.43. The molecule has 0 spiro atoms. The minimum Gasteiger partial charge on any atom is -0.357 e. The first-order valence-electron chi connectivity index (χ1n) is 10.5. The Hall–Kier alpha value is -0.900. The van der Waals surface area contributed by atoms with Crippen LogP contribution < -0.4 is 10.6 Å². The van der Waals surface area contributed by atoms with Gasteiger partial charge in [0.25, 0.3) is 0 Å². The van der Waals surface area contributed by atoms with E-state index >= 15 is 0 Å². The fraction of sp³-hybridized carbons (Fsp3) is 0.850. The molecular formula is C20H40IN7. The van der Waals surface area contributed by atoms with Gasteiger partial charge in [0.05, 0.1) is 6.54 Å². The van der Waals surface area contributed by atoms with Crippen LogP contribution >= 0.6 is 24.0 Å². The van der Waals surface area contributed by atoms with Crippen molar-refractivity contribution in [2.45, 2.75) is 66.5 Å². The molecule has 1 fully saturated rings. The van der Waals surface area contributed by atoms with Gasteiger partial charge in [0.15, 0.2) is 5.96 Å². The van der Waals surface area contributed by atoms with Gasteiger partial charge in [-0.05, 0) is 39.0 Å². The van der Waals surface area contributed by atoms with E-state index < -0.39 is 0 Å². The molecule has 2 unspecified atom stereocenters. The Bertz CT molecular complexity index is 589. The van der Waals surface area contributed by atoms with Crippen molar-refractivity contribution in [2.24, 2.45) is 16.8 Å². The van der Waals surface area contributed by atoms with Gasteiger partial charge >= 0.3 is 0 Å². The number of aryl methyl sites for hydroxylation is 1. The Kier molecular flexibility index (Phi) is 10.7. The van der Waals surface area contributed by atoms with Gasteiger partial charge in [0.2, 0.25) is 0 Å². The van der Waals surface area contributed by atoms with Gasteiger partial charge in [0, 0.05) is 44.7 Å². The van der Waals surface area contributed by atoms with E-state index in [1.165, 1.54) is 19.5 Å². The van der Waals surface area contributed by atoms with Gasteiger partial charge < -0.3 is 15.2 Å². The van der Waals surface area contributed by atoms with Crippen LogP contribution in [0.3, 0.4) is 0 Å². The molecule has 2 heterocycles. The van der Waals surface area contributed by atoms with Crippen LogP contribution in [0.4, 0.5) is 0 Å². The Labute approximate surface area is 188 Å². The molecule has 0 bridgehead atoms. The topological polar surface area (TPSA) is 70.4 Å². The summed E-state index contributed by atoms with van der Waals surface area (Å²) in [5.41, 5.74) is 0.0644. The lowest BCUT2D eigenvalue weighted by Crippen LogP contribution is -2.53. The van der Waals surface area contributed by atoms with E-state index in [9.17, 15) is 0 Å². The van der Waals surface area contributed by atoms with E-state index in [-0.39, 0.29) is 29.5 Å². The zero-order valence-electron chi connectivity index (χ0n) is 18.5. The standard InChI is InChI=1S/C20H39N7.HI/c1-7-18-25-24-15-26(18)10-9-22-19(21-8-2)23-14-20(5,6)27-12-16(3)11-17(4)13-27;/h15-17H,7-14H2,1-6H3,(H2,21,22,23);1H. The quantitative estimate of drug-likeness (QED) is 0.323. The first-order valence-corrected chi connectivity index (χ1v) is 10.5. The molecule has 8 heteroatoms. The number of guanidine groups is 1. The van der Waals surface area contributed by atoms with Crippen molar-refractivity contribution in [3.05, 3.63) is 12.2 Å². The molecule has 2 N–H and O–H groups in total. The average molecular weight is 505 g/mol. The van der Waals surface area contributed by atoms with Crippen LogP contribution in [0.1, 0.15) is 53.8 Å². The molecule has 1 aromatic rings. The molecule has 0 aliphatic carbocycles. The molecule has 1 aliphatic rings. The van der Waals surface area contributed by atoms with Crippen LogP contribution in [0.5, 0.6) is 0 Å². The second kappa shape index (κ2) is 11.9.